The summed E-state index contributed by atoms with van der Waals surface area (Å²) in [6.45, 7) is 8.94. The molecule has 12 nitrogen and oxygen atoms in total. The SMILES string of the molecule is CC(=O)CC(=O)OCC(C)(C)C(O)C(C)C.O=C(O)CCCCC(=O)O.O=C(O)c1cccc(C(=O)O)c1. The summed E-state index contributed by atoms with van der Waals surface area (Å²) in [6.07, 6.45) is 0.273. The van der Waals surface area contributed by atoms with Gasteiger partial charge in [-0.1, -0.05) is 33.8 Å². The molecular formula is C26H38O12. The van der Waals surface area contributed by atoms with Crippen molar-refractivity contribution in [2.75, 3.05) is 6.61 Å². The van der Waals surface area contributed by atoms with Gasteiger partial charge in [-0.05, 0) is 43.9 Å². The normalized spacial score (nSPS) is 11.1. The van der Waals surface area contributed by atoms with Crippen LogP contribution in [-0.2, 0) is 23.9 Å². The summed E-state index contributed by atoms with van der Waals surface area (Å²) in [7, 11) is 0. The number of aliphatic hydroxyl groups is 1. The molecule has 0 bridgehead atoms. The number of esters is 1. The molecule has 0 amide bonds. The quantitative estimate of drug-likeness (QED) is 0.138. The molecule has 1 rings (SSSR count). The number of hydrogen-bond donors (Lipinski definition) is 5. The van der Waals surface area contributed by atoms with Gasteiger partial charge in [0.25, 0.3) is 0 Å². The summed E-state index contributed by atoms with van der Waals surface area (Å²) < 4.78 is 4.97. The summed E-state index contributed by atoms with van der Waals surface area (Å²) in [6, 6.07) is 5.20. The van der Waals surface area contributed by atoms with Gasteiger partial charge >= 0.3 is 29.8 Å². The Morgan fingerprint density at radius 2 is 1.26 bits per heavy atom. The summed E-state index contributed by atoms with van der Waals surface area (Å²) in [5.41, 5.74) is -0.537. The molecule has 1 atom stereocenters. The van der Waals surface area contributed by atoms with Crippen LogP contribution in [0.5, 0.6) is 0 Å². The fraction of sp³-hybridized carbons (Fsp3) is 0.538. The van der Waals surface area contributed by atoms with Crippen molar-refractivity contribution >= 4 is 35.6 Å². The van der Waals surface area contributed by atoms with Crippen molar-refractivity contribution in [2.24, 2.45) is 11.3 Å². The zero-order valence-electron chi connectivity index (χ0n) is 22.3. The zero-order chi connectivity index (χ0) is 30.1. The number of carboxylic acids is 4. The van der Waals surface area contributed by atoms with E-state index in [0.29, 0.717) is 12.8 Å². The number of ether oxygens (including phenoxy) is 1. The number of aliphatic carboxylic acids is 2. The van der Waals surface area contributed by atoms with Gasteiger partial charge in [0.15, 0.2) is 0 Å². The number of unbranched alkanes of at least 4 members (excludes halogenated alkanes) is 1. The number of ketones is 1. The van der Waals surface area contributed by atoms with E-state index in [1.54, 1.807) is 0 Å². The summed E-state index contributed by atoms with van der Waals surface area (Å²) in [4.78, 5) is 62.4. The minimum absolute atomic E-state index is 0.0186. The van der Waals surface area contributed by atoms with Gasteiger partial charge in [0, 0.05) is 18.3 Å². The highest BCUT2D eigenvalue weighted by Crippen LogP contribution is 2.26. The van der Waals surface area contributed by atoms with Crippen molar-refractivity contribution in [3.8, 4) is 0 Å². The minimum atomic E-state index is -1.13. The van der Waals surface area contributed by atoms with E-state index in [0.717, 1.165) is 6.07 Å². The second-order valence-electron chi connectivity index (χ2n) is 9.40. The molecule has 38 heavy (non-hydrogen) atoms. The third-order valence-electron chi connectivity index (χ3n) is 4.82. The number of Topliss-reactive ketones (excluding diaryl/α,β-unsaturated/α-hetero) is 1. The van der Waals surface area contributed by atoms with Crippen molar-refractivity contribution < 1.29 is 59.0 Å². The topological polar surface area (TPSA) is 213 Å². The first-order valence-corrected chi connectivity index (χ1v) is 11.7. The number of rotatable bonds is 13. The van der Waals surface area contributed by atoms with Crippen LogP contribution < -0.4 is 0 Å². The molecule has 1 aromatic rings. The van der Waals surface area contributed by atoms with Crippen LogP contribution in [0.4, 0.5) is 0 Å². The molecule has 0 spiro atoms. The fourth-order valence-electron chi connectivity index (χ4n) is 2.85. The zero-order valence-corrected chi connectivity index (χ0v) is 22.3. The monoisotopic (exact) mass is 542 g/mol. The molecule has 1 unspecified atom stereocenters. The summed E-state index contributed by atoms with van der Waals surface area (Å²) in [5.74, 6) is -4.64. The van der Waals surface area contributed by atoms with Gasteiger partial charge in [-0.2, -0.15) is 0 Å². The highest BCUT2D eigenvalue weighted by atomic mass is 16.5. The average Bonchev–Trinajstić information content (AvgIpc) is 2.80. The lowest BCUT2D eigenvalue weighted by Crippen LogP contribution is -2.38. The Morgan fingerprint density at radius 3 is 1.58 bits per heavy atom. The molecule has 0 radical (unpaired) electrons. The van der Waals surface area contributed by atoms with Crippen LogP contribution in [0.2, 0.25) is 0 Å². The maximum atomic E-state index is 11.2. The van der Waals surface area contributed by atoms with Crippen molar-refractivity contribution in [3.63, 3.8) is 0 Å². The van der Waals surface area contributed by atoms with Gasteiger partial charge in [0.1, 0.15) is 12.2 Å². The van der Waals surface area contributed by atoms with Crippen LogP contribution in [0.3, 0.4) is 0 Å². The Morgan fingerprint density at radius 1 is 0.842 bits per heavy atom. The standard InChI is InChI=1S/C12H22O4.C8H6O4.C6H10O4/c1-8(2)11(15)12(4,5)7-16-10(14)6-9(3)13;9-7(10)5-2-1-3-6(4-5)8(11)12;7-5(8)3-1-2-4-6(9)10/h8,11,15H,6-7H2,1-5H3;1-4H,(H,9,10)(H,11,12);1-4H2,(H,7,8)(H,9,10). The van der Waals surface area contributed by atoms with Crippen LogP contribution in [0, 0.1) is 11.3 Å². The van der Waals surface area contributed by atoms with Crippen molar-refractivity contribution in [1.29, 1.82) is 0 Å². The van der Waals surface area contributed by atoms with Gasteiger partial charge in [0.05, 0.1) is 23.8 Å². The fourth-order valence-corrected chi connectivity index (χ4v) is 2.85. The Kier molecular flexibility index (Phi) is 17.6. The molecular weight excluding hydrogens is 504 g/mol. The van der Waals surface area contributed by atoms with E-state index >= 15 is 0 Å². The first kappa shape index (κ1) is 36.4. The van der Waals surface area contributed by atoms with Crippen LogP contribution in [0.25, 0.3) is 0 Å². The molecule has 0 heterocycles. The molecule has 0 saturated carbocycles. The van der Waals surface area contributed by atoms with Crippen molar-refractivity contribution in [2.45, 2.75) is 72.8 Å². The third-order valence-corrected chi connectivity index (χ3v) is 4.82. The van der Waals surface area contributed by atoms with E-state index in [1.165, 1.54) is 25.1 Å². The lowest BCUT2D eigenvalue weighted by Gasteiger charge is -2.32. The predicted octanol–water partition coefficient (Wildman–Crippen LogP) is 3.35. The summed E-state index contributed by atoms with van der Waals surface area (Å²) >= 11 is 0. The third kappa shape index (κ3) is 18.5. The first-order chi connectivity index (χ1) is 17.4. The van der Waals surface area contributed by atoms with E-state index < -0.39 is 41.4 Å². The van der Waals surface area contributed by atoms with Crippen LogP contribution in [-0.4, -0.2) is 73.9 Å². The van der Waals surface area contributed by atoms with Gasteiger partial charge in [-0.25, -0.2) is 9.59 Å². The van der Waals surface area contributed by atoms with Crippen LogP contribution in [0.1, 0.15) is 87.4 Å². The van der Waals surface area contributed by atoms with Gasteiger partial charge in [-0.15, -0.1) is 0 Å². The number of carboxylic acid groups (broad SMARTS) is 4. The Labute approximate surface area is 221 Å². The molecule has 0 aliphatic carbocycles. The smallest absolute Gasteiger partial charge is 0.335 e. The van der Waals surface area contributed by atoms with Crippen LogP contribution in [0.15, 0.2) is 24.3 Å². The highest BCUT2D eigenvalue weighted by Gasteiger charge is 2.31. The second kappa shape index (κ2) is 18.4. The predicted molar refractivity (Wildman–Crippen MR) is 135 cm³/mol. The van der Waals surface area contributed by atoms with E-state index in [1.807, 2.05) is 27.7 Å². The molecule has 0 aromatic heterocycles. The molecule has 0 saturated heterocycles. The van der Waals surface area contributed by atoms with Crippen molar-refractivity contribution in [3.05, 3.63) is 35.4 Å². The molecule has 0 aliphatic heterocycles. The largest absolute Gasteiger partial charge is 0.481 e. The van der Waals surface area contributed by atoms with E-state index in [4.69, 9.17) is 25.2 Å². The Hall–Kier alpha value is -3.80. The lowest BCUT2D eigenvalue weighted by atomic mass is 9.81. The number of aromatic carboxylic acids is 2. The highest BCUT2D eigenvalue weighted by molar-refractivity contribution is 5.94. The Bertz CT molecular complexity index is 904. The second-order valence-corrected chi connectivity index (χ2v) is 9.40. The molecule has 12 heteroatoms. The van der Waals surface area contributed by atoms with Gasteiger partial charge in [-0.3, -0.25) is 19.2 Å². The number of benzene rings is 1. The molecule has 0 aliphatic rings. The molecule has 214 valence electrons. The first-order valence-electron chi connectivity index (χ1n) is 11.7. The van der Waals surface area contributed by atoms with Gasteiger partial charge in [0.2, 0.25) is 0 Å². The molecule has 5 N–H and O–H groups in total. The maximum Gasteiger partial charge on any atom is 0.335 e. The van der Waals surface area contributed by atoms with E-state index in [9.17, 15) is 33.9 Å². The average molecular weight is 543 g/mol. The van der Waals surface area contributed by atoms with E-state index in [2.05, 4.69) is 0 Å². The molecule has 1 aromatic carbocycles. The molecule has 0 fully saturated rings. The Balaban J connectivity index is 0. The van der Waals surface area contributed by atoms with Crippen molar-refractivity contribution in [1.82, 2.24) is 0 Å². The maximum absolute atomic E-state index is 11.2. The van der Waals surface area contributed by atoms with E-state index in [-0.39, 0.29) is 48.7 Å². The number of aliphatic hydroxyl groups excluding tert-OH is 1. The summed E-state index contributed by atoms with van der Waals surface area (Å²) in [5, 5.41) is 43.1. The van der Waals surface area contributed by atoms with Crippen LogP contribution >= 0.6 is 0 Å². The lowest BCUT2D eigenvalue weighted by molar-refractivity contribution is -0.151. The van der Waals surface area contributed by atoms with Gasteiger partial charge < -0.3 is 30.3 Å². The number of hydrogen-bond acceptors (Lipinski definition) is 8. The minimum Gasteiger partial charge on any atom is -0.481 e. The number of carbonyl (C=O) groups is 6. The number of carbonyl (C=O) groups excluding carboxylic acids is 2.